The SMILES string of the molecule is CN(C(=O)C1CSC2(C)CCC(=O)N12)C1(c2ccccc2Cl)CCCCC1=O. The first kappa shape index (κ1) is 19.8. The lowest BCUT2D eigenvalue weighted by molar-refractivity contribution is -0.153. The Balaban J connectivity index is 1.73. The van der Waals surface area contributed by atoms with Crippen molar-refractivity contribution < 1.29 is 14.4 Å². The van der Waals surface area contributed by atoms with E-state index in [1.807, 2.05) is 25.1 Å². The minimum Gasteiger partial charge on any atom is -0.327 e. The zero-order valence-corrected chi connectivity index (χ0v) is 17.8. The van der Waals surface area contributed by atoms with Gasteiger partial charge in [-0.2, -0.15) is 0 Å². The molecule has 150 valence electrons. The van der Waals surface area contributed by atoms with Crippen molar-refractivity contribution in [2.45, 2.75) is 61.9 Å². The maximum atomic E-state index is 13.6. The number of halogens is 1. The summed E-state index contributed by atoms with van der Waals surface area (Å²) in [6, 6.07) is 6.78. The molecule has 2 aliphatic heterocycles. The Morgan fingerprint density at radius 3 is 2.68 bits per heavy atom. The third kappa shape index (κ3) is 2.79. The van der Waals surface area contributed by atoms with Gasteiger partial charge in [0.2, 0.25) is 11.8 Å². The molecule has 28 heavy (non-hydrogen) atoms. The predicted molar refractivity (Wildman–Crippen MR) is 110 cm³/mol. The average Bonchev–Trinajstić information content (AvgIpc) is 3.18. The molecule has 3 atom stereocenters. The predicted octanol–water partition coefficient (Wildman–Crippen LogP) is 3.59. The van der Waals surface area contributed by atoms with Gasteiger partial charge in [-0.05, 0) is 38.7 Å². The summed E-state index contributed by atoms with van der Waals surface area (Å²) in [6.45, 7) is 2.03. The van der Waals surface area contributed by atoms with E-state index in [1.165, 1.54) is 0 Å². The highest BCUT2D eigenvalue weighted by Crippen LogP contribution is 2.49. The van der Waals surface area contributed by atoms with E-state index >= 15 is 0 Å². The van der Waals surface area contributed by atoms with Gasteiger partial charge in [-0.3, -0.25) is 14.4 Å². The largest absolute Gasteiger partial charge is 0.327 e. The summed E-state index contributed by atoms with van der Waals surface area (Å²) in [5.74, 6) is 0.463. The van der Waals surface area contributed by atoms with Crippen molar-refractivity contribution in [2.24, 2.45) is 0 Å². The van der Waals surface area contributed by atoms with E-state index in [-0.39, 0.29) is 22.5 Å². The van der Waals surface area contributed by atoms with Crippen molar-refractivity contribution in [1.29, 1.82) is 0 Å². The smallest absolute Gasteiger partial charge is 0.247 e. The molecule has 2 heterocycles. The van der Waals surface area contributed by atoms with E-state index in [4.69, 9.17) is 11.6 Å². The first-order valence-electron chi connectivity index (χ1n) is 9.83. The second-order valence-electron chi connectivity index (χ2n) is 8.13. The molecule has 0 N–H and O–H groups in total. The van der Waals surface area contributed by atoms with Crippen LogP contribution >= 0.6 is 23.4 Å². The van der Waals surface area contributed by atoms with Gasteiger partial charge in [0.15, 0.2) is 5.78 Å². The fourth-order valence-electron chi connectivity index (χ4n) is 5.04. The Morgan fingerprint density at radius 2 is 1.96 bits per heavy atom. The number of likely N-dealkylation sites (N-methyl/N-ethyl adjacent to an activating group) is 1. The van der Waals surface area contributed by atoms with Crippen LogP contribution < -0.4 is 0 Å². The molecule has 3 unspecified atom stereocenters. The highest BCUT2D eigenvalue weighted by atomic mass is 35.5. The van der Waals surface area contributed by atoms with Gasteiger partial charge in [-0.1, -0.05) is 29.8 Å². The number of Topliss-reactive ketones (excluding diaryl/α,β-unsaturated/α-hetero) is 1. The van der Waals surface area contributed by atoms with Crippen molar-refractivity contribution in [3.8, 4) is 0 Å². The van der Waals surface area contributed by atoms with Gasteiger partial charge in [0.1, 0.15) is 11.6 Å². The van der Waals surface area contributed by atoms with Crippen LogP contribution in [-0.4, -0.2) is 51.1 Å². The van der Waals surface area contributed by atoms with Crippen molar-refractivity contribution in [1.82, 2.24) is 9.80 Å². The van der Waals surface area contributed by atoms with Crippen LogP contribution in [-0.2, 0) is 19.9 Å². The highest BCUT2D eigenvalue weighted by Gasteiger charge is 2.56. The Bertz CT molecular complexity index is 847. The lowest BCUT2D eigenvalue weighted by atomic mass is 9.74. The second kappa shape index (κ2) is 7.06. The molecule has 3 aliphatic rings. The van der Waals surface area contributed by atoms with E-state index < -0.39 is 11.6 Å². The number of carbonyl (C=O) groups is 3. The third-order valence-corrected chi connectivity index (χ3v) is 8.44. The molecular formula is C21H25ClN2O3S. The number of fused-ring (bicyclic) bond motifs is 1. The summed E-state index contributed by atoms with van der Waals surface area (Å²) in [5, 5.41) is 0.500. The molecule has 0 aromatic heterocycles. The van der Waals surface area contributed by atoms with Crippen molar-refractivity contribution in [2.75, 3.05) is 12.8 Å². The van der Waals surface area contributed by atoms with E-state index in [1.54, 1.807) is 34.7 Å². The van der Waals surface area contributed by atoms with Crippen LogP contribution in [0.3, 0.4) is 0 Å². The van der Waals surface area contributed by atoms with Gasteiger partial charge >= 0.3 is 0 Å². The number of carbonyl (C=O) groups excluding carboxylic acids is 3. The molecular weight excluding hydrogens is 396 g/mol. The summed E-state index contributed by atoms with van der Waals surface area (Å²) < 4.78 is 0. The molecule has 5 nitrogen and oxygen atoms in total. The zero-order valence-electron chi connectivity index (χ0n) is 16.2. The molecule has 1 aromatic rings. The second-order valence-corrected chi connectivity index (χ2v) is 10.0. The topological polar surface area (TPSA) is 57.7 Å². The highest BCUT2D eigenvalue weighted by molar-refractivity contribution is 8.01. The van der Waals surface area contributed by atoms with Crippen LogP contribution in [0.4, 0.5) is 0 Å². The summed E-state index contributed by atoms with van der Waals surface area (Å²) in [5.41, 5.74) is -0.363. The maximum absolute atomic E-state index is 13.6. The van der Waals surface area contributed by atoms with Crippen molar-refractivity contribution in [3.63, 3.8) is 0 Å². The molecule has 0 radical (unpaired) electrons. The van der Waals surface area contributed by atoms with Crippen LogP contribution in [0.25, 0.3) is 0 Å². The van der Waals surface area contributed by atoms with Crippen molar-refractivity contribution in [3.05, 3.63) is 34.9 Å². The molecule has 0 spiro atoms. The normalized spacial score (nSPS) is 32.5. The Labute approximate surface area is 174 Å². The Hall–Kier alpha value is -1.53. The summed E-state index contributed by atoms with van der Waals surface area (Å²) in [4.78, 5) is 42.4. The minimum absolute atomic E-state index is 0.0287. The van der Waals surface area contributed by atoms with Crippen LogP contribution in [0.15, 0.2) is 24.3 Å². The number of thioether (sulfide) groups is 1. The van der Waals surface area contributed by atoms with Gasteiger partial charge in [0.05, 0.1) is 4.87 Å². The van der Waals surface area contributed by atoms with E-state index in [0.717, 1.165) is 19.3 Å². The fraction of sp³-hybridized carbons (Fsp3) is 0.571. The molecule has 4 rings (SSSR count). The molecule has 2 saturated heterocycles. The van der Waals surface area contributed by atoms with Gasteiger partial charge in [-0.15, -0.1) is 11.8 Å². The quantitative estimate of drug-likeness (QED) is 0.749. The van der Waals surface area contributed by atoms with E-state index in [9.17, 15) is 14.4 Å². The molecule has 2 amide bonds. The molecule has 1 aromatic carbocycles. The van der Waals surface area contributed by atoms with Gasteiger partial charge < -0.3 is 9.80 Å². The van der Waals surface area contributed by atoms with Crippen LogP contribution in [0.1, 0.15) is 51.0 Å². The van der Waals surface area contributed by atoms with Gasteiger partial charge in [0.25, 0.3) is 0 Å². The number of nitrogens with zero attached hydrogens (tertiary/aromatic N) is 2. The third-order valence-electron chi connectivity index (χ3n) is 6.61. The zero-order chi connectivity index (χ0) is 20.1. The van der Waals surface area contributed by atoms with Gasteiger partial charge in [-0.25, -0.2) is 0 Å². The van der Waals surface area contributed by atoms with Crippen LogP contribution in [0.2, 0.25) is 5.02 Å². The lowest BCUT2D eigenvalue weighted by Crippen LogP contribution is -2.59. The fourth-order valence-corrected chi connectivity index (χ4v) is 6.76. The van der Waals surface area contributed by atoms with E-state index in [0.29, 0.717) is 35.6 Å². The van der Waals surface area contributed by atoms with E-state index in [2.05, 4.69) is 0 Å². The number of hydrogen-bond acceptors (Lipinski definition) is 4. The summed E-state index contributed by atoms with van der Waals surface area (Å²) in [7, 11) is 1.70. The lowest BCUT2D eigenvalue weighted by Gasteiger charge is -2.45. The first-order chi connectivity index (χ1) is 13.3. The monoisotopic (exact) mass is 420 g/mol. The molecule has 1 saturated carbocycles. The molecule has 3 fully saturated rings. The Kier molecular flexibility index (Phi) is 4.99. The number of amides is 2. The Morgan fingerprint density at radius 1 is 1.21 bits per heavy atom. The molecule has 1 aliphatic carbocycles. The number of hydrogen-bond donors (Lipinski definition) is 0. The summed E-state index contributed by atoms with van der Waals surface area (Å²) >= 11 is 8.16. The number of ketones is 1. The maximum Gasteiger partial charge on any atom is 0.247 e. The number of benzene rings is 1. The van der Waals surface area contributed by atoms with Crippen LogP contribution in [0.5, 0.6) is 0 Å². The molecule has 7 heteroatoms. The standard InChI is InChI=1S/C21H25ClN2O3S/c1-20-12-10-18(26)24(20)16(13-28-20)19(27)23(2)21(11-6-5-9-17(21)25)14-7-3-4-8-15(14)22/h3-4,7-8,16H,5-6,9-13H2,1-2H3. The average molecular weight is 421 g/mol. The van der Waals surface area contributed by atoms with Crippen molar-refractivity contribution >= 4 is 41.0 Å². The van der Waals surface area contributed by atoms with Crippen LogP contribution in [0, 0.1) is 0 Å². The number of rotatable bonds is 3. The summed E-state index contributed by atoms with van der Waals surface area (Å²) in [6.07, 6.45) is 3.92. The van der Waals surface area contributed by atoms with Gasteiger partial charge in [0, 0.05) is 36.2 Å². The minimum atomic E-state index is -1.06. The molecule has 0 bridgehead atoms. The first-order valence-corrected chi connectivity index (χ1v) is 11.2.